The van der Waals surface area contributed by atoms with Gasteiger partial charge in [0.2, 0.25) is 0 Å². The molecule has 0 spiro atoms. The topological polar surface area (TPSA) is 107 Å². The molecule has 0 heterocycles. The van der Waals surface area contributed by atoms with Crippen molar-refractivity contribution in [2.75, 3.05) is 21.3 Å². The highest BCUT2D eigenvalue weighted by molar-refractivity contribution is 5.71. The second-order valence-electron chi connectivity index (χ2n) is 17.7. The molecular weight excluding hydrogens is 853 g/mol. The molecule has 0 unspecified atom stereocenters. The van der Waals surface area contributed by atoms with E-state index in [1.54, 1.807) is 33.5 Å². The summed E-state index contributed by atoms with van der Waals surface area (Å²) in [5.74, 6) is 3.58. The fourth-order valence-corrected chi connectivity index (χ4v) is 9.77. The van der Waals surface area contributed by atoms with Crippen molar-refractivity contribution in [3.8, 4) is 45.6 Å². The van der Waals surface area contributed by atoms with Crippen LogP contribution in [0.1, 0.15) is 118 Å². The molecule has 6 aromatic carbocycles. The van der Waals surface area contributed by atoms with Crippen LogP contribution in [0.15, 0.2) is 133 Å². The Hall–Kier alpha value is -6.87. The van der Waals surface area contributed by atoms with E-state index in [0.717, 1.165) is 59.6 Å². The summed E-state index contributed by atoms with van der Waals surface area (Å²) >= 11 is 0. The van der Waals surface area contributed by atoms with Gasteiger partial charge in [-0.1, -0.05) is 111 Å². The maximum atomic E-state index is 11.3. The fourth-order valence-electron chi connectivity index (χ4n) is 9.77. The largest absolute Gasteiger partial charge is 0.497 e. The van der Waals surface area contributed by atoms with Crippen LogP contribution < -0.4 is 28.4 Å². The number of rotatable bonds is 11. The second-order valence-corrected chi connectivity index (χ2v) is 17.7. The summed E-state index contributed by atoms with van der Waals surface area (Å²) in [5.41, 5.74) is 9.69. The molecule has 8 rings (SSSR count). The van der Waals surface area contributed by atoms with E-state index in [-0.39, 0.29) is 28.7 Å². The normalized spacial score (nSPS) is 14.6. The van der Waals surface area contributed by atoms with Crippen LogP contribution in [0.4, 0.5) is 0 Å². The SMILES string of the molecule is COc1ccc(-c2ccc(OC(C)=O)cc2)cc1.COc1ccc(C2(c3ccc(OC(C)=O)c(C)c3)CCCCC2)cc1C.COc1ccc(C2(c3ccc(OC(C)=O)cc3)CCCCC2)cc1. The van der Waals surface area contributed by atoms with E-state index >= 15 is 0 Å². The standard InChI is InChI=1S/C23H28O3.C21H24O3.C15H14O3/c1-16-14-19(8-10-21(16)25-4)23(12-6-5-7-13-23)20-9-11-22(17(2)15-20)26-18(3)24;1-16(22)24-20-12-8-18(9-13-20)21(14-4-3-5-15-21)17-6-10-19(23-2)11-7-17;1-11(16)18-15-9-5-13(6-10-15)12-3-7-14(17-2)8-4-12/h8-11,14-15H,5-7,12-13H2,1-4H3;6-13H,3-5,14-15H2,1-2H3;3-10H,1-2H3. The number of methoxy groups -OCH3 is 3. The highest BCUT2D eigenvalue weighted by Crippen LogP contribution is 2.47. The zero-order chi connectivity index (χ0) is 48.7. The monoisotopic (exact) mass is 918 g/mol. The lowest BCUT2D eigenvalue weighted by Crippen LogP contribution is -2.30. The predicted molar refractivity (Wildman–Crippen MR) is 268 cm³/mol. The lowest BCUT2D eigenvalue weighted by molar-refractivity contribution is -0.132. The minimum Gasteiger partial charge on any atom is -0.497 e. The van der Waals surface area contributed by atoms with Gasteiger partial charge in [0.25, 0.3) is 0 Å². The van der Waals surface area contributed by atoms with Crippen molar-refractivity contribution in [2.45, 2.75) is 110 Å². The fraction of sp³-hybridized carbons (Fsp3) is 0.339. The molecule has 68 heavy (non-hydrogen) atoms. The average molecular weight is 919 g/mol. The van der Waals surface area contributed by atoms with E-state index in [4.69, 9.17) is 28.4 Å². The maximum Gasteiger partial charge on any atom is 0.308 e. The number of aryl methyl sites for hydroxylation is 2. The van der Waals surface area contributed by atoms with Crippen LogP contribution in [0.25, 0.3) is 11.1 Å². The molecule has 9 heteroatoms. The maximum absolute atomic E-state index is 11.3. The number of benzene rings is 6. The lowest BCUT2D eigenvalue weighted by Gasteiger charge is -2.39. The third-order valence-electron chi connectivity index (χ3n) is 13.2. The smallest absolute Gasteiger partial charge is 0.308 e. The number of hydrogen-bond acceptors (Lipinski definition) is 9. The Kier molecular flexibility index (Phi) is 17.6. The van der Waals surface area contributed by atoms with Gasteiger partial charge in [-0.3, -0.25) is 14.4 Å². The lowest BCUT2D eigenvalue weighted by atomic mass is 9.65. The van der Waals surface area contributed by atoms with Gasteiger partial charge >= 0.3 is 17.9 Å². The van der Waals surface area contributed by atoms with E-state index < -0.39 is 0 Å². The molecule has 0 atom stereocenters. The van der Waals surface area contributed by atoms with Crippen molar-refractivity contribution in [1.82, 2.24) is 0 Å². The van der Waals surface area contributed by atoms with E-state index in [1.807, 2.05) is 73.7 Å². The van der Waals surface area contributed by atoms with Gasteiger partial charge in [-0.2, -0.15) is 0 Å². The third-order valence-corrected chi connectivity index (χ3v) is 13.2. The molecule has 2 aliphatic carbocycles. The Morgan fingerprint density at radius 3 is 1.04 bits per heavy atom. The van der Waals surface area contributed by atoms with Crippen molar-refractivity contribution in [3.05, 3.63) is 167 Å². The number of esters is 3. The van der Waals surface area contributed by atoms with Crippen LogP contribution in [0.5, 0.6) is 34.5 Å². The summed E-state index contributed by atoms with van der Waals surface area (Å²) in [5, 5.41) is 0. The van der Waals surface area contributed by atoms with Crippen LogP contribution >= 0.6 is 0 Å². The Labute approximate surface area is 402 Å². The van der Waals surface area contributed by atoms with Crippen molar-refractivity contribution in [1.29, 1.82) is 0 Å². The molecule has 0 saturated heterocycles. The predicted octanol–water partition coefficient (Wildman–Crippen LogP) is 13.6. The first kappa shape index (κ1) is 50.5. The molecule has 2 saturated carbocycles. The Bertz CT molecular complexity index is 2580. The Morgan fingerprint density at radius 1 is 0.368 bits per heavy atom. The first-order chi connectivity index (χ1) is 32.8. The number of hydrogen-bond donors (Lipinski definition) is 0. The number of carbonyl (C=O) groups excluding carboxylic acids is 3. The van der Waals surface area contributed by atoms with Crippen LogP contribution in [-0.4, -0.2) is 39.2 Å². The van der Waals surface area contributed by atoms with Crippen molar-refractivity contribution < 1.29 is 42.8 Å². The summed E-state index contributed by atoms with van der Waals surface area (Å²) in [6, 6.07) is 44.5. The van der Waals surface area contributed by atoms with E-state index in [1.165, 1.54) is 87.1 Å². The van der Waals surface area contributed by atoms with Crippen LogP contribution in [-0.2, 0) is 25.2 Å². The van der Waals surface area contributed by atoms with E-state index in [9.17, 15) is 14.4 Å². The van der Waals surface area contributed by atoms with Gasteiger partial charge in [0.1, 0.15) is 34.5 Å². The van der Waals surface area contributed by atoms with E-state index in [2.05, 4.69) is 61.5 Å². The molecular formula is C59H66O9. The molecule has 9 nitrogen and oxygen atoms in total. The highest BCUT2D eigenvalue weighted by Gasteiger charge is 2.37. The molecule has 0 radical (unpaired) electrons. The van der Waals surface area contributed by atoms with E-state index in [0.29, 0.717) is 17.2 Å². The Morgan fingerprint density at radius 2 is 0.691 bits per heavy atom. The summed E-state index contributed by atoms with van der Waals surface area (Å²) < 4.78 is 31.3. The third kappa shape index (κ3) is 12.8. The number of ether oxygens (including phenoxy) is 6. The van der Waals surface area contributed by atoms with Crippen LogP contribution in [0.3, 0.4) is 0 Å². The minimum absolute atomic E-state index is 0.0226. The zero-order valence-electron chi connectivity index (χ0n) is 40.9. The summed E-state index contributed by atoms with van der Waals surface area (Å²) in [7, 11) is 5.05. The van der Waals surface area contributed by atoms with Gasteiger partial charge in [0.15, 0.2) is 0 Å². The average Bonchev–Trinajstić information content (AvgIpc) is 3.35. The molecule has 356 valence electrons. The molecule has 2 aliphatic rings. The van der Waals surface area contributed by atoms with Crippen LogP contribution in [0.2, 0.25) is 0 Å². The van der Waals surface area contributed by atoms with Crippen molar-refractivity contribution in [2.24, 2.45) is 0 Å². The highest BCUT2D eigenvalue weighted by atomic mass is 16.5. The summed E-state index contributed by atoms with van der Waals surface area (Å²) in [4.78, 5) is 33.2. The van der Waals surface area contributed by atoms with Gasteiger partial charge in [-0.25, -0.2) is 0 Å². The van der Waals surface area contributed by atoms with Gasteiger partial charge < -0.3 is 28.4 Å². The summed E-state index contributed by atoms with van der Waals surface area (Å²) in [6.45, 7) is 8.37. The van der Waals surface area contributed by atoms with Gasteiger partial charge in [-0.15, -0.1) is 0 Å². The van der Waals surface area contributed by atoms with Crippen molar-refractivity contribution in [3.63, 3.8) is 0 Å². The molecule has 0 N–H and O–H groups in total. The molecule has 6 aromatic rings. The Balaban J connectivity index is 0.000000171. The molecule has 0 bridgehead atoms. The zero-order valence-corrected chi connectivity index (χ0v) is 40.9. The van der Waals surface area contributed by atoms with Gasteiger partial charge in [-0.05, 0) is 145 Å². The molecule has 2 fully saturated rings. The van der Waals surface area contributed by atoms with Crippen molar-refractivity contribution >= 4 is 17.9 Å². The second kappa shape index (κ2) is 23.7. The molecule has 0 aromatic heterocycles. The minimum atomic E-state index is -0.313. The molecule has 0 aliphatic heterocycles. The quantitative estimate of drug-likeness (QED) is 0.0927. The van der Waals surface area contributed by atoms with Gasteiger partial charge in [0, 0.05) is 31.6 Å². The first-order valence-corrected chi connectivity index (χ1v) is 23.6. The molecule has 0 amide bonds. The first-order valence-electron chi connectivity index (χ1n) is 23.6. The number of carbonyl (C=O) groups is 3. The van der Waals surface area contributed by atoms with Gasteiger partial charge in [0.05, 0.1) is 21.3 Å². The van der Waals surface area contributed by atoms with Crippen LogP contribution in [0, 0.1) is 13.8 Å². The summed E-state index contributed by atoms with van der Waals surface area (Å²) in [6.07, 6.45) is 12.1.